The van der Waals surface area contributed by atoms with Crippen LogP contribution < -0.4 is 10.9 Å². The van der Waals surface area contributed by atoms with Crippen LogP contribution in [0.5, 0.6) is 0 Å². The van der Waals surface area contributed by atoms with E-state index in [-0.39, 0.29) is 25.7 Å². The van der Waals surface area contributed by atoms with Gasteiger partial charge >= 0.3 is 5.97 Å². The van der Waals surface area contributed by atoms with Crippen molar-refractivity contribution in [3.8, 4) is 0 Å². The topological polar surface area (TPSA) is 101 Å². The molecular weight excluding hydrogens is 298 g/mol. The van der Waals surface area contributed by atoms with E-state index >= 15 is 0 Å². The number of carbonyl (C=O) groups excluding carboxylic acids is 2. The van der Waals surface area contributed by atoms with Gasteiger partial charge in [-0.05, 0) is 25.3 Å². The number of rotatable bonds is 7. The van der Waals surface area contributed by atoms with Gasteiger partial charge in [-0.2, -0.15) is 0 Å². The van der Waals surface area contributed by atoms with E-state index in [1.807, 2.05) is 30.3 Å². The lowest BCUT2D eigenvalue weighted by molar-refractivity contribution is -0.137. The molecule has 0 aromatic heterocycles. The molecule has 1 aromatic carbocycles. The van der Waals surface area contributed by atoms with Gasteiger partial charge in [0.2, 0.25) is 5.91 Å². The molecule has 0 bridgehead atoms. The summed E-state index contributed by atoms with van der Waals surface area (Å²) in [5, 5.41) is 7.33. The van der Waals surface area contributed by atoms with Gasteiger partial charge < -0.3 is 9.47 Å². The number of hydrazine groups is 1. The molecule has 7 nitrogen and oxygen atoms in total. The Bertz CT molecular complexity index is 570. The van der Waals surface area contributed by atoms with E-state index in [9.17, 15) is 9.59 Å². The maximum absolute atomic E-state index is 12.3. The summed E-state index contributed by atoms with van der Waals surface area (Å²) in [6.45, 7) is 2.21. The molecule has 124 valence electrons. The van der Waals surface area contributed by atoms with Crippen LogP contribution in [0.3, 0.4) is 0 Å². The molecule has 0 spiro atoms. The van der Waals surface area contributed by atoms with Crippen LogP contribution in [0.2, 0.25) is 0 Å². The minimum Gasteiger partial charge on any atom is -0.471 e. The summed E-state index contributed by atoms with van der Waals surface area (Å²) in [7, 11) is 0. The zero-order valence-corrected chi connectivity index (χ0v) is 13.1. The van der Waals surface area contributed by atoms with E-state index in [4.69, 9.17) is 10.1 Å². The Morgan fingerprint density at radius 1 is 1.22 bits per heavy atom. The van der Waals surface area contributed by atoms with Crippen LogP contribution in [-0.4, -0.2) is 37.5 Å². The number of benzene rings is 1. The number of nitrogens with one attached hydrogen (secondary N) is 3. The second kappa shape index (κ2) is 7.73. The second-order valence-corrected chi connectivity index (χ2v) is 5.23. The van der Waals surface area contributed by atoms with Gasteiger partial charge in [0.1, 0.15) is 6.61 Å². The van der Waals surface area contributed by atoms with E-state index < -0.39 is 17.3 Å². The van der Waals surface area contributed by atoms with Crippen LogP contribution in [0.15, 0.2) is 30.3 Å². The number of amides is 1. The monoisotopic (exact) mass is 319 g/mol. The molecule has 1 fully saturated rings. The summed E-state index contributed by atoms with van der Waals surface area (Å²) in [6, 6.07) is 9.67. The minimum atomic E-state index is -0.794. The first-order valence-electron chi connectivity index (χ1n) is 7.57. The largest absolute Gasteiger partial charge is 0.471 e. The highest BCUT2D eigenvalue weighted by Crippen LogP contribution is 2.48. The molecule has 0 saturated heterocycles. The molecule has 1 saturated carbocycles. The molecule has 1 aromatic rings. The molecule has 0 aliphatic heterocycles. The van der Waals surface area contributed by atoms with Crippen molar-refractivity contribution < 1.29 is 19.1 Å². The van der Waals surface area contributed by atoms with Crippen molar-refractivity contribution in [2.45, 2.75) is 25.2 Å². The molecule has 1 aliphatic rings. The molecule has 0 radical (unpaired) electrons. The van der Waals surface area contributed by atoms with E-state index in [1.165, 1.54) is 0 Å². The zero-order chi connectivity index (χ0) is 16.7. The van der Waals surface area contributed by atoms with Crippen LogP contribution in [0.4, 0.5) is 0 Å². The molecule has 0 heterocycles. The van der Waals surface area contributed by atoms with E-state index in [0.29, 0.717) is 0 Å². The summed E-state index contributed by atoms with van der Waals surface area (Å²) >= 11 is 0. The van der Waals surface area contributed by atoms with Gasteiger partial charge in [-0.3, -0.25) is 15.6 Å². The first kappa shape index (κ1) is 17.0. The van der Waals surface area contributed by atoms with E-state index in [0.717, 1.165) is 18.4 Å². The molecule has 1 aliphatic carbocycles. The van der Waals surface area contributed by atoms with Gasteiger partial charge in [-0.1, -0.05) is 30.3 Å². The Labute approximate surface area is 134 Å². The molecule has 3 N–H and O–H groups in total. The highest BCUT2D eigenvalue weighted by atomic mass is 16.6. The average molecular weight is 319 g/mol. The predicted octanol–water partition coefficient (Wildman–Crippen LogP) is 0.896. The number of carbonyl (C=O) groups is 2. The Balaban J connectivity index is 1.68. The molecule has 23 heavy (non-hydrogen) atoms. The molecule has 0 unspecified atom stereocenters. The van der Waals surface area contributed by atoms with Gasteiger partial charge in [-0.25, -0.2) is 10.2 Å². The first-order chi connectivity index (χ1) is 11.1. The quantitative estimate of drug-likeness (QED) is 0.228. The van der Waals surface area contributed by atoms with Crippen LogP contribution in [0, 0.1) is 5.41 Å². The van der Waals surface area contributed by atoms with Gasteiger partial charge in [0.05, 0.1) is 12.0 Å². The van der Waals surface area contributed by atoms with Crippen molar-refractivity contribution in [2.24, 2.45) is 0 Å². The van der Waals surface area contributed by atoms with Crippen molar-refractivity contribution in [2.75, 3.05) is 19.8 Å². The van der Waals surface area contributed by atoms with Crippen LogP contribution in [-0.2, 0) is 24.5 Å². The summed E-state index contributed by atoms with van der Waals surface area (Å²) < 4.78 is 9.54. The molecule has 2 rings (SSSR count). The standard InChI is InChI=1S/C16H21N3O4/c1-2-22-14(20)13(17)23-11-10-18-19-15(21)16(8-9-16)12-6-4-3-5-7-12/h3-7,17-18H,2,8-11H2,1H3,(H,19,21). The number of esters is 1. The first-order valence-corrected chi connectivity index (χ1v) is 7.57. The Hall–Kier alpha value is -2.41. The average Bonchev–Trinajstić information content (AvgIpc) is 3.37. The maximum atomic E-state index is 12.3. The number of hydrogen-bond acceptors (Lipinski definition) is 6. The van der Waals surface area contributed by atoms with Crippen molar-refractivity contribution in [3.05, 3.63) is 35.9 Å². The third-order valence-corrected chi connectivity index (χ3v) is 3.65. The second-order valence-electron chi connectivity index (χ2n) is 5.23. The van der Waals surface area contributed by atoms with Crippen molar-refractivity contribution >= 4 is 17.8 Å². The van der Waals surface area contributed by atoms with E-state index in [1.54, 1.807) is 6.92 Å². The van der Waals surface area contributed by atoms with Gasteiger partial charge in [0, 0.05) is 6.54 Å². The minimum absolute atomic E-state index is 0.0795. The Morgan fingerprint density at radius 3 is 2.52 bits per heavy atom. The highest BCUT2D eigenvalue weighted by molar-refractivity contribution is 6.31. The summed E-state index contributed by atoms with van der Waals surface area (Å²) in [5.74, 6) is -1.41. The lowest BCUT2D eigenvalue weighted by Crippen LogP contribution is -2.45. The van der Waals surface area contributed by atoms with Crippen LogP contribution in [0.25, 0.3) is 0 Å². The fraction of sp³-hybridized carbons (Fsp3) is 0.438. The van der Waals surface area contributed by atoms with Crippen molar-refractivity contribution in [1.82, 2.24) is 10.9 Å². The molecule has 0 atom stereocenters. The van der Waals surface area contributed by atoms with Gasteiger partial charge in [-0.15, -0.1) is 0 Å². The summed E-state index contributed by atoms with van der Waals surface area (Å²) in [4.78, 5) is 23.4. The Morgan fingerprint density at radius 2 is 1.91 bits per heavy atom. The third-order valence-electron chi connectivity index (χ3n) is 3.65. The summed E-state index contributed by atoms with van der Waals surface area (Å²) in [6.07, 6.45) is 1.66. The maximum Gasteiger partial charge on any atom is 0.393 e. The smallest absolute Gasteiger partial charge is 0.393 e. The fourth-order valence-corrected chi connectivity index (χ4v) is 2.25. The van der Waals surface area contributed by atoms with Gasteiger partial charge in [0.25, 0.3) is 5.90 Å². The Kier molecular flexibility index (Phi) is 5.70. The normalized spacial score (nSPS) is 14.7. The lowest BCUT2D eigenvalue weighted by Gasteiger charge is -2.16. The SMILES string of the molecule is CCOC(=O)C(=N)OCCNNC(=O)C1(c2ccccc2)CC1. The number of hydrogen-bond donors (Lipinski definition) is 3. The van der Waals surface area contributed by atoms with Crippen LogP contribution in [0.1, 0.15) is 25.3 Å². The predicted molar refractivity (Wildman–Crippen MR) is 83.8 cm³/mol. The van der Waals surface area contributed by atoms with Crippen LogP contribution >= 0.6 is 0 Å². The zero-order valence-electron chi connectivity index (χ0n) is 13.1. The van der Waals surface area contributed by atoms with Crippen molar-refractivity contribution in [3.63, 3.8) is 0 Å². The summed E-state index contributed by atoms with van der Waals surface area (Å²) in [5.41, 5.74) is 5.99. The number of ether oxygens (including phenoxy) is 2. The highest BCUT2D eigenvalue weighted by Gasteiger charge is 2.51. The lowest BCUT2D eigenvalue weighted by atomic mass is 9.95. The molecule has 7 heteroatoms. The molecular formula is C16H21N3O4. The van der Waals surface area contributed by atoms with E-state index in [2.05, 4.69) is 15.6 Å². The van der Waals surface area contributed by atoms with Gasteiger partial charge in [0.15, 0.2) is 0 Å². The third kappa shape index (κ3) is 4.29. The molecule has 1 amide bonds. The fourth-order valence-electron chi connectivity index (χ4n) is 2.25. The van der Waals surface area contributed by atoms with Crippen molar-refractivity contribution in [1.29, 1.82) is 5.41 Å².